The Balaban J connectivity index is 1.91. The van der Waals surface area contributed by atoms with Crippen LogP contribution >= 0.6 is 0 Å². The second-order valence-electron chi connectivity index (χ2n) is 4.91. The molecule has 2 rings (SSSR count). The van der Waals surface area contributed by atoms with Gasteiger partial charge in [0.25, 0.3) is 0 Å². The summed E-state index contributed by atoms with van der Waals surface area (Å²) in [7, 11) is 2.15. The molecule has 0 radical (unpaired) electrons. The van der Waals surface area contributed by atoms with Crippen LogP contribution in [0, 0.1) is 6.92 Å². The van der Waals surface area contributed by atoms with Crippen LogP contribution in [0.25, 0.3) is 0 Å². The molecule has 1 unspecified atom stereocenters. The molecule has 1 aromatic heterocycles. The Morgan fingerprint density at radius 1 is 1.50 bits per heavy atom. The Kier molecular flexibility index (Phi) is 4.49. The molecule has 0 bridgehead atoms. The summed E-state index contributed by atoms with van der Waals surface area (Å²) in [5, 5.41) is 0. The van der Waals surface area contributed by atoms with Crippen molar-refractivity contribution in [1.29, 1.82) is 0 Å². The molecule has 1 atom stereocenters. The van der Waals surface area contributed by atoms with E-state index in [9.17, 15) is 0 Å². The first kappa shape index (κ1) is 13.2. The minimum atomic E-state index is 0.462. The van der Waals surface area contributed by atoms with Gasteiger partial charge in [0.1, 0.15) is 6.61 Å². The summed E-state index contributed by atoms with van der Waals surface area (Å²) in [5.41, 5.74) is 7.45. The number of ether oxygens (including phenoxy) is 1. The van der Waals surface area contributed by atoms with Crippen molar-refractivity contribution in [2.75, 3.05) is 20.2 Å². The van der Waals surface area contributed by atoms with E-state index in [2.05, 4.69) is 21.9 Å². The van der Waals surface area contributed by atoms with E-state index in [4.69, 9.17) is 10.5 Å². The third-order valence-corrected chi connectivity index (χ3v) is 3.61. The summed E-state index contributed by atoms with van der Waals surface area (Å²) in [6.45, 7) is 4.22. The summed E-state index contributed by atoms with van der Waals surface area (Å²) < 4.78 is 5.69. The van der Waals surface area contributed by atoms with Gasteiger partial charge in [-0.2, -0.15) is 0 Å². The lowest BCUT2D eigenvalue weighted by atomic mass is 10.0. The van der Waals surface area contributed by atoms with E-state index in [0.29, 0.717) is 25.2 Å². The van der Waals surface area contributed by atoms with E-state index in [1.54, 1.807) is 6.20 Å². The average Bonchev–Trinajstić information content (AvgIpc) is 2.38. The maximum Gasteiger partial charge on any atom is 0.316 e. The molecule has 0 aromatic carbocycles. The number of aryl methyl sites for hydroxylation is 1. The summed E-state index contributed by atoms with van der Waals surface area (Å²) in [5.74, 6) is 0. The Labute approximate surface area is 108 Å². The SMILES string of the molecule is Cc1nc(OCC2CCCCN2C)ncc1CN. The molecule has 0 amide bonds. The van der Waals surface area contributed by atoms with E-state index in [0.717, 1.165) is 17.8 Å². The Morgan fingerprint density at radius 2 is 2.33 bits per heavy atom. The number of hydrogen-bond donors (Lipinski definition) is 1. The Morgan fingerprint density at radius 3 is 3.00 bits per heavy atom. The van der Waals surface area contributed by atoms with Gasteiger partial charge in [0.05, 0.1) is 0 Å². The van der Waals surface area contributed by atoms with Crippen molar-refractivity contribution in [3.05, 3.63) is 17.5 Å². The Bertz CT molecular complexity index is 397. The van der Waals surface area contributed by atoms with Crippen LogP contribution in [0.4, 0.5) is 0 Å². The highest BCUT2D eigenvalue weighted by Crippen LogP contribution is 2.16. The van der Waals surface area contributed by atoms with Crippen LogP contribution in [0.5, 0.6) is 6.01 Å². The highest BCUT2D eigenvalue weighted by atomic mass is 16.5. The first-order valence-corrected chi connectivity index (χ1v) is 6.56. The predicted molar refractivity (Wildman–Crippen MR) is 70.4 cm³/mol. The molecule has 100 valence electrons. The number of likely N-dealkylation sites (N-methyl/N-ethyl adjacent to an activating group) is 1. The lowest BCUT2D eigenvalue weighted by molar-refractivity contribution is 0.119. The largest absolute Gasteiger partial charge is 0.462 e. The molecule has 1 aliphatic rings. The van der Waals surface area contributed by atoms with Crippen molar-refractivity contribution in [1.82, 2.24) is 14.9 Å². The first-order chi connectivity index (χ1) is 8.70. The molecule has 1 fully saturated rings. The fourth-order valence-corrected chi connectivity index (χ4v) is 2.27. The molecule has 2 N–H and O–H groups in total. The maximum atomic E-state index is 5.69. The van der Waals surface area contributed by atoms with Gasteiger partial charge in [-0.1, -0.05) is 6.42 Å². The second kappa shape index (κ2) is 6.11. The van der Waals surface area contributed by atoms with Gasteiger partial charge in [-0.05, 0) is 33.4 Å². The van der Waals surface area contributed by atoms with Gasteiger partial charge in [0.2, 0.25) is 0 Å². The summed E-state index contributed by atoms with van der Waals surface area (Å²) in [6.07, 6.45) is 5.51. The minimum absolute atomic E-state index is 0.462. The third kappa shape index (κ3) is 3.17. The standard InChI is InChI=1S/C13H22N4O/c1-10-11(7-14)8-15-13(16-10)18-9-12-5-3-4-6-17(12)2/h8,12H,3-7,9,14H2,1-2H3. The molecular weight excluding hydrogens is 228 g/mol. The van der Waals surface area contributed by atoms with E-state index < -0.39 is 0 Å². The predicted octanol–water partition coefficient (Wildman–Crippen LogP) is 1.11. The summed E-state index contributed by atoms with van der Waals surface area (Å²) >= 11 is 0. The molecule has 0 saturated carbocycles. The third-order valence-electron chi connectivity index (χ3n) is 3.61. The van der Waals surface area contributed by atoms with Crippen LogP contribution in [-0.4, -0.2) is 41.1 Å². The van der Waals surface area contributed by atoms with Crippen molar-refractivity contribution in [2.45, 2.75) is 38.8 Å². The fraction of sp³-hybridized carbons (Fsp3) is 0.692. The van der Waals surface area contributed by atoms with E-state index >= 15 is 0 Å². The lowest BCUT2D eigenvalue weighted by Crippen LogP contribution is -2.40. The van der Waals surface area contributed by atoms with Gasteiger partial charge in [-0.3, -0.25) is 0 Å². The highest BCUT2D eigenvalue weighted by Gasteiger charge is 2.19. The van der Waals surface area contributed by atoms with Gasteiger partial charge in [0.15, 0.2) is 0 Å². The second-order valence-corrected chi connectivity index (χ2v) is 4.91. The van der Waals surface area contributed by atoms with Gasteiger partial charge in [0, 0.05) is 30.0 Å². The molecule has 5 heteroatoms. The van der Waals surface area contributed by atoms with Crippen LogP contribution in [0.15, 0.2) is 6.20 Å². The lowest BCUT2D eigenvalue weighted by Gasteiger charge is -2.31. The van der Waals surface area contributed by atoms with Crippen LogP contribution in [-0.2, 0) is 6.54 Å². The summed E-state index contributed by atoms with van der Waals surface area (Å²) in [6, 6.07) is 0.945. The molecule has 2 heterocycles. The van der Waals surface area contributed by atoms with Crippen molar-refractivity contribution in [3.63, 3.8) is 0 Å². The van der Waals surface area contributed by atoms with Crippen LogP contribution in [0.3, 0.4) is 0 Å². The number of nitrogens with two attached hydrogens (primary N) is 1. The van der Waals surface area contributed by atoms with Crippen LogP contribution in [0.1, 0.15) is 30.5 Å². The van der Waals surface area contributed by atoms with Crippen molar-refractivity contribution < 1.29 is 4.74 Å². The molecule has 1 aromatic rings. The van der Waals surface area contributed by atoms with Crippen LogP contribution in [0.2, 0.25) is 0 Å². The van der Waals surface area contributed by atoms with Gasteiger partial charge < -0.3 is 15.4 Å². The van der Waals surface area contributed by atoms with Crippen LogP contribution < -0.4 is 10.5 Å². The quantitative estimate of drug-likeness (QED) is 0.867. The van der Waals surface area contributed by atoms with E-state index in [-0.39, 0.29) is 0 Å². The van der Waals surface area contributed by atoms with Crippen molar-refractivity contribution >= 4 is 0 Å². The van der Waals surface area contributed by atoms with Gasteiger partial charge >= 0.3 is 6.01 Å². The zero-order valence-corrected chi connectivity index (χ0v) is 11.2. The minimum Gasteiger partial charge on any atom is -0.462 e. The van der Waals surface area contributed by atoms with Gasteiger partial charge in [-0.15, -0.1) is 0 Å². The first-order valence-electron chi connectivity index (χ1n) is 6.56. The van der Waals surface area contributed by atoms with Gasteiger partial charge in [-0.25, -0.2) is 9.97 Å². The number of likely N-dealkylation sites (tertiary alicyclic amines) is 1. The van der Waals surface area contributed by atoms with Crippen molar-refractivity contribution in [2.24, 2.45) is 5.73 Å². The highest BCUT2D eigenvalue weighted by molar-refractivity contribution is 5.17. The summed E-state index contributed by atoms with van der Waals surface area (Å²) in [4.78, 5) is 10.9. The van der Waals surface area contributed by atoms with E-state index in [1.165, 1.54) is 19.3 Å². The number of aromatic nitrogens is 2. The molecule has 1 aliphatic heterocycles. The molecule has 5 nitrogen and oxygen atoms in total. The maximum absolute atomic E-state index is 5.69. The normalized spacial score (nSPS) is 20.9. The number of hydrogen-bond acceptors (Lipinski definition) is 5. The number of piperidine rings is 1. The van der Waals surface area contributed by atoms with E-state index in [1.807, 2.05) is 6.92 Å². The topological polar surface area (TPSA) is 64.3 Å². The zero-order chi connectivity index (χ0) is 13.0. The zero-order valence-electron chi connectivity index (χ0n) is 11.2. The molecule has 18 heavy (non-hydrogen) atoms. The molecule has 0 aliphatic carbocycles. The number of nitrogens with zero attached hydrogens (tertiary/aromatic N) is 3. The monoisotopic (exact) mass is 250 g/mol. The average molecular weight is 250 g/mol. The van der Waals surface area contributed by atoms with Crippen molar-refractivity contribution in [3.8, 4) is 6.01 Å². The Hall–Kier alpha value is -1.20. The molecular formula is C13H22N4O. The smallest absolute Gasteiger partial charge is 0.316 e. The molecule has 0 spiro atoms. The molecule has 1 saturated heterocycles. The number of rotatable bonds is 4. The fourth-order valence-electron chi connectivity index (χ4n) is 2.27.